The van der Waals surface area contributed by atoms with Crippen LogP contribution in [0.2, 0.25) is 0 Å². The number of carboxylic acid groups (broad SMARTS) is 2. The summed E-state index contributed by atoms with van der Waals surface area (Å²) < 4.78 is 5.21. The van der Waals surface area contributed by atoms with E-state index < -0.39 is 11.9 Å². The van der Waals surface area contributed by atoms with E-state index in [1.165, 1.54) is 35.4 Å². The summed E-state index contributed by atoms with van der Waals surface area (Å²) in [6.45, 7) is 1.60. The molecule has 1 aliphatic heterocycles. The maximum Gasteiger partial charge on any atom is 0.336 e. The van der Waals surface area contributed by atoms with Crippen molar-refractivity contribution in [1.82, 2.24) is 0 Å². The number of aromatic carboxylic acids is 2. The molecule has 0 fully saturated rings. The summed E-state index contributed by atoms with van der Waals surface area (Å²) in [7, 11) is 0. The minimum absolute atomic E-state index is 0.190. The maximum atomic E-state index is 10.5. The number of carbonyl (C=O) groups is 2. The molecule has 0 amide bonds. The molecule has 0 unspecified atom stereocenters. The van der Waals surface area contributed by atoms with Crippen LogP contribution in [-0.2, 0) is 18.0 Å². The number of benzene rings is 2. The number of ether oxygens (including phenoxy) is 1. The molecule has 5 nitrogen and oxygen atoms in total. The summed E-state index contributed by atoms with van der Waals surface area (Å²) in [5, 5.41) is 17.1. The highest BCUT2D eigenvalue weighted by Crippen LogP contribution is 2.17. The van der Waals surface area contributed by atoms with Crippen LogP contribution in [-0.4, -0.2) is 22.2 Å². The first-order chi connectivity index (χ1) is 10.1. The van der Waals surface area contributed by atoms with Gasteiger partial charge in [-0.05, 0) is 23.3 Å². The van der Waals surface area contributed by atoms with E-state index in [9.17, 15) is 9.59 Å². The van der Waals surface area contributed by atoms with Crippen LogP contribution in [0.1, 0.15) is 31.8 Å². The van der Waals surface area contributed by atoms with Crippen LogP contribution >= 0.6 is 0 Å². The third-order valence-electron chi connectivity index (χ3n) is 3.02. The summed E-state index contributed by atoms with van der Waals surface area (Å²) >= 11 is 0. The number of fused-ring (bicyclic) bond motifs is 1. The minimum Gasteiger partial charge on any atom is -0.478 e. The second kappa shape index (κ2) is 6.67. The Bertz CT molecular complexity index is 607. The molecule has 3 rings (SSSR count). The first-order valence-corrected chi connectivity index (χ1v) is 6.29. The summed E-state index contributed by atoms with van der Waals surface area (Å²) in [4.78, 5) is 20.9. The van der Waals surface area contributed by atoms with Gasteiger partial charge in [-0.15, -0.1) is 0 Å². The zero-order chi connectivity index (χ0) is 15.2. The van der Waals surface area contributed by atoms with E-state index >= 15 is 0 Å². The second-order valence-corrected chi connectivity index (χ2v) is 4.42. The van der Waals surface area contributed by atoms with Gasteiger partial charge < -0.3 is 14.9 Å². The second-order valence-electron chi connectivity index (χ2n) is 4.42. The minimum atomic E-state index is -1.23. The molecule has 0 spiro atoms. The highest BCUT2D eigenvalue weighted by molar-refractivity contribution is 6.01. The van der Waals surface area contributed by atoms with Crippen LogP contribution in [0.3, 0.4) is 0 Å². The molecule has 0 radical (unpaired) electrons. The summed E-state index contributed by atoms with van der Waals surface area (Å²) in [6, 6.07) is 13.8. The molecule has 0 saturated heterocycles. The van der Waals surface area contributed by atoms with Gasteiger partial charge in [0, 0.05) is 0 Å². The van der Waals surface area contributed by atoms with E-state index in [2.05, 4.69) is 12.1 Å². The topological polar surface area (TPSA) is 83.8 Å². The van der Waals surface area contributed by atoms with Crippen LogP contribution in [0.5, 0.6) is 0 Å². The van der Waals surface area contributed by atoms with Gasteiger partial charge in [0.15, 0.2) is 0 Å². The van der Waals surface area contributed by atoms with Crippen LogP contribution in [0.15, 0.2) is 48.5 Å². The van der Waals surface area contributed by atoms with Gasteiger partial charge in [0.2, 0.25) is 0 Å². The summed E-state index contributed by atoms with van der Waals surface area (Å²) in [5.41, 5.74) is 2.31. The van der Waals surface area contributed by atoms with E-state index in [-0.39, 0.29) is 11.1 Å². The van der Waals surface area contributed by atoms with E-state index in [4.69, 9.17) is 14.9 Å². The van der Waals surface area contributed by atoms with Crippen LogP contribution in [0.4, 0.5) is 0 Å². The molecule has 0 aromatic heterocycles. The lowest BCUT2D eigenvalue weighted by Gasteiger charge is -1.98. The smallest absolute Gasteiger partial charge is 0.336 e. The van der Waals surface area contributed by atoms with Gasteiger partial charge in [-0.25, -0.2) is 9.59 Å². The lowest BCUT2D eigenvalue weighted by molar-refractivity contribution is 0.0651. The average molecular weight is 286 g/mol. The van der Waals surface area contributed by atoms with Crippen molar-refractivity contribution in [2.45, 2.75) is 13.2 Å². The van der Waals surface area contributed by atoms with Gasteiger partial charge >= 0.3 is 11.9 Å². The SMILES string of the molecule is O=C(O)c1ccccc1C(=O)O.c1ccc2c(c1)COC2. The van der Waals surface area contributed by atoms with Gasteiger partial charge in [0.25, 0.3) is 0 Å². The van der Waals surface area contributed by atoms with Gasteiger partial charge in [0.1, 0.15) is 0 Å². The zero-order valence-corrected chi connectivity index (χ0v) is 11.2. The Morgan fingerprint density at radius 2 is 1.14 bits per heavy atom. The van der Waals surface area contributed by atoms with Crippen molar-refractivity contribution in [3.63, 3.8) is 0 Å². The summed E-state index contributed by atoms with van der Waals surface area (Å²) in [6.07, 6.45) is 0. The van der Waals surface area contributed by atoms with Crippen molar-refractivity contribution in [3.05, 3.63) is 70.8 Å². The van der Waals surface area contributed by atoms with Gasteiger partial charge in [0.05, 0.1) is 24.3 Å². The molecule has 21 heavy (non-hydrogen) atoms. The first kappa shape index (κ1) is 14.7. The molecule has 0 bridgehead atoms. The molecule has 1 heterocycles. The zero-order valence-electron chi connectivity index (χ0n) is 11.2. The summed E-state index contributed by atoms with van der Waals surface area (Å²) in [5.74, 6) is -2.46. The van der Waals surface area contributed by atoms with Crippen molar-refractivity contribution >= 4 is 11.9 Å². The van der Waals surface area contributed by atoms with Crippen LogP contribution in [0.25, 0.3) is 0 Å². The van der Waals surface area contributed by atoms with Crippen molar-refractivity contribution in [2.75, 3.05) is 0 Å². The van der Waals surface area contributed by atoms with E-state index in [0.29, 0.717) is 0 Å². The molecule has 0 saturated carbocycles. The molecule has 2 N–H and O–H groups in total. The Hall–Kier alpha value is -2.66. The maximum absolute atomic E-state index is 10.5. The molecule has 108 valence electrons. The molecular formula is C16H14O5. The van der Waals surface area contributed by atoms with Crippen LogP contribution in [0, 0.1) is 0 Å². The lowest BCUT2D eigenvalue weighted by atomic mass is 10.1. The lowest BCUT2D eigenvalue weighted by Crippen LogP contribution is -2.06. The molecule has 0 atom stereocenters. The molecule has 2 aromatic carbocycles. The molecule has 5 heteroatoms. The number of hydrogen-bond acceptors (Lipinski definition) is 3. The molecule has 2 aromatic rings. The fourth-order valence-electron chi connectivity index (χ4n) is 1.97. The number of rotatable bonds is 2. The highest BCUT2D eigenvalue weighted by Gasteiger charge is 2.13. The average Bonchev–Trinajstić information content (AvgIpc) is 2.96. The molecular weight excluding hydrogens is 272 g/mol. The molecule has 0 aliphatic carbocycles. The van der Waals surface area contributed by atoms with E-state index in [1.807, 2.05) is 12.1 Å². The largest absolute Gasteiger partial charge is 0.478 e. The Kier molecular flexibility index (Phi) is 4.68. The Morgan fingerprint density at radius 1 is 0.762 bits per heavy atom. The number of hydrogen-bond donors (Lipinski definition) is 2. The van der Waals surface area contributed by atoms with Crippen LogP contribution < -0.4 is 0 Å². The Labute approximate surface area is 121 Å². The molecule has 1 aliphatic rings. The highest BCUT2D eigenvalue weighted by atomic mass is 16.5. The van der Waals surface area contributed by atoms with Crippen molar-refractivity contribution in [2.24, 2.45) is 0 Å². The Balaban J connectivity index is 0.000000159. The monoisotopic (exact) mass is 286 g/mol. The Morgan fingerprint density at radius 3 is 1.52 bits per heavy atom. The van der Waals surface area contributed by atoms with Gasteiger partial charge in [-0.1, -0.05) is 36.4 Å². The normalized spacial score (nSPS) is 12.0. The number of carboxylic acids is 2. The van der Waals surface area contributed by atoms with Gasteiger partial charge in [-0.2, -0.15) is 0 Å². The van der Waals surface area contributed by atoms with Crippen molar-refractivity contribution in [1.29, 1.82) is 0 Å². The van der Waals surface area contributed by atoms with Gasteiger partial charge in [-0.3, -0.25) is 0 Å². The predicted octanol–water partition coefficient (Wildman–Crippen LogP) is 2.80. The van der Waals surface area contributed by atoms with E-state index in [0.717, 1.165) is 13.2 Å². The fraction of sp³-hybridized carbons (Fsp3) is 0.125. The van der Waals surface area contributed by atoms with Crippen molar-refractivity contribution < 1.29 is 24.5 Å². The predicted molar refractivity (Wildman–Crippen MR) is 75.3 cm³/mol. The standard InChI is InChI=1S/C8H6O4.C8H8O/c9-7(10)5-3-1-2-4-6(5)8(11)12;1-2-4-8-6-9-5-7(8)3-1/h1-4H,(H,9,10)(H,11,12);1-4H,5-6H2. The third-order valence-corrected chi connectivity index (χ3v) is 3.02. The van der Waals surface area contributed by atoms with E-state index in [1.54, 1.807) is 0 Å². The third kappa shape index (κ3) is 3.67. The quantitative estimate of drug-likeness (QED) is 0.886. The van der Waals surface area contributed by atoms with Crippen molar-refractivity contribution in [3.8, 4) is 0 Å². The first-order valence-electron chi connectivity index (χ1n) is 6.29. The fourth-order valence-corrected chi connectivity index (χ4v) is 1.97.